The molecule has 0 atom stereocenters. The molecular formula is C11H16N2O6S. The monoisotopic (exact) mass is 304 g/mol. The van der Waals surface area contributed by atoms with E-state index in [4.69, 9.17) is 5.11 Å². The number of aromatic carboxylic acids is 1. The van der Waals surface area contributed by atoms with Crippen LogP contribution in [0.5, 0.6) is 0 Å². The number of hydrogen-bond acceptors (Lipinski definition) is 5. The fourth-order valence-electron chi connectivity index (χ4n) is 1.54. The summed E-state index contributed by atoms with van der Waals surface area (Å²) in [5, 5.41) is 8.96. The van der Waals surface area contributed by atoms with Crippen molar-refractivity contribution in [2.24, 2.45) is 0 Å². The van der Waals surface area contributed by atoms with Gasteiger partial charge in [0, 0.05) is 19.3 Å². The Morgan fingerprint density at radius 1 is 1.45 bits per heavy atom. The molecule has 0 saturated carbocycles. The van der Waals surface area contributed by atoms with Gasteiger partial charge in [0.15, 0.2) is 0 Å². The molecule has 1 aromatic heterocycles. The molecule has 0 aromatic carbocycles. The number of sulfonamides is 1. The molecule has 0 unspecified atom stereocenters. The van der Waals surface area contributed by atoms with Gasteiger partial charge in [0.25, 0.3) is 0 Å². The second-order valence-electron chi connectivity index (χ2n) is 3.88. The lowest BCUT2D eigenvalue weighted by Gasteiger charge is -2.03. The standard InChI is InChI=1S/C11H16N2O6S/c1-3-13-7-8(6-9(13)11(15)16)20(17,18)12-5-4-10(14)19-2/h6-7,12H,3-5H2,1-2H3,(H,15,16). The molecule has 1 rings (SSSR count). The molecule has 0 bridgehead atoms. The van der Waals surface area contributed by atoms with Crippen LogP contribution >= 0.6 is 0 Å². The van der Waals surface area contributed by atoms with Gasteiger partial charge in [-0.05, 0) is 13.0 Å². The highest BCUT2D eigenvalue weighted by atomic mass is 32.2. The SMILES string of the molecule is CCn1cc(S(=O)(=O)NCCC(=O)OC)cc1C(=O)O. The zero-order valence-corrected chi connectivity index (χ0v) is 11.9. The van der Waals surface area contributed by atoms with Crippen LogP contribution in [0.15, 0.2) is 17.2 Å². The maximum absolute atomic E-state index is 11.9. The highest BCUT2D eigenvalue weighted by molar-refractivity contribution is 7.89. The first-order chi connectivity index (χ1) is 9.31. The number of carbonyl (C=O) groups excluding carboxylic acids is 1. The minimum Gasteiger partial charge on any atom is -0.477 e. The van der Waals surface area contributed by atoms with Crippen LogP contribution in [0.2, 0.25) is 0 Å². The predicted molar refractivity (Wildman–Crippen MR) is 68.9 cm³/mol. The van der Waals surface area contributed by atoms with E-state index in [1.165, 1.54) is 17.9 Å². The number of nitrogens with zero attached hydrogens (tertiary/aromatic N) is 1. The number of rotatable bonds is 7. The van der Waals surface area contributed by atoms with Gasteiger partial charge in [-0.2, -0.15) is 0 Å². The fourth-order valence-corrected chi connectivity index (χ4v) is 2.61. The Hall–Kier alpha value is -1.87. The van der Waals surface area contributed by atoms with Gasteiger partial charge in [0.05, 0.1) is 13.5 Å². The summed E-state index contributed by atoms with van der Waals surface area (Å²) in [7, 11) is -2.65. The van der Waals surface area contributed by atoms with E-state index < -0.39 is 22.0 Å². The van der Waals surface area contributed by atoms with Crippen molar-refractivity contribution < 1.29 is 27.9 Å². The largest absolute Gasteiger partial charge is 0.477 e. The van der Waals surface area contributed by atoms with E-state index in [-0.39, 0.29) is 23.6 Å². The van der Waals surface area contributed by atoms with Crippen LogP contribution in [0.3, 0.4) is 0 Å². The quantitative estimate of drug-likeness (QED) is 0.688. The molecule has 0 radical (unpaired) electrons. The molecule has 112 valence electrons. The summed E-state index contributed by atoms with van der Waals surface area (Å²) < 4.78 is 31.8. The summed E-state index contributed by atoms with van der Waals surface area (Å²) in [6, 6.07) is 1.08. The number of carbonyl (C=O) groups is 2. The average Bonchev–Trinajstić information content (AvgIpc) is 2.83. The Morgan fingerprint density at radius 2 is 2.10 bits per heavy atom. The minimum atomic E-state index is -3.85. The lowest BCUT2D eigenvalue weighted by molar-refractivity contribution is -0.140. The normalized spacial score (nSPS) is 11.3. The third-order valence-electron chi connectivity index (χ3n) is 2.59. The Balaban J connectivity index is 2.87. The van der Waals surface area contributed by atoms with Crippen molar-refractivity contribution in [1.29, 1.82) is 0 Å². The van der Waals surface area contributed by atoms with E-state index in [0.717, 1.165) is 6.07 Å². The molecule has 1 aromatic rings. The van der Waals surface area contributed by atoms with Gasteiger partial charge in [-0.1, -0.05) is 0 Å². The van der Waals surface area contributed by atoms with E-state index in [1.54, 1.807) is 6.92 Å². The topological polar surface area (TPSA) is 115 Å². The summed E-state index contributed by atoms with van der Waals surface area (Å²) in [6.45, 7) is 1.92. The van der Waals surface area contributed by atoms with Crippen molar-refractivity contribution in [2.45, 2.75) is 24.8 Å². The highest BCUT2D eigenvalue weighted by Crippen LogP contribution is 2.14. The van der Waals surface area contributed by atoms with Crippen molar-refractivity contribution in [1.82, 2.24) is 9.29 Å². The highest BCUT2D eigenvalue weighted by Gasteiger charge is 2.20. The van der Waals surface area contributed by atoms with Gasteiger partial charge in [-0.25, -0.2) is 17.9 Å². The van der Waals surface area contributed by atoms with Gasteiger partial charge in [0.2, 0.25) is 10.0 Å². The van der Waals surface area contributed by atoms with Crippen molar-refractivity contribution in [3.05, 3.63) is 18.0 Å². The Kier molecular flexibility index (Phi) is 5.28. The number of aryl methyl sites for hydroxylation is 1. The van der Waals surface area contributed by atoms with Crippen molar-refractivity contribution >= 4 is 22.0 Å². The second-order valence-corrected chi connectivity index (χ2v) is 5.64. The zero-order chi connectivity index (χ0) is 15.3. The molecule has 0 aliphatic carbocycles. The van der Waals surface area contributed by atoms with E-state index in [2.05, 4.69) is 9.46 Å². The first-order valence-corrected chi connectivity index (χ1v) is 7.30. The van der Waals surface area contributed by atoms with E-state index in [0.29, 0.717) is 6.54 Å². The number of esters is 1. The van der Waals surface area contributed by atoms with Gasteiger partial charge in [-0.3, -0.25) is 4.79 Å². The summed E-state index contributed by atoms with van der Waals surface area (Å²) in [5.41, 5.74) is -0.110. The van der Waals surface area contributed by atoms with Gasteiger partial charge >= 0.3 is 11.9 Å². The predicted octanol–water partition coefficient (Wildman–Crippen LogP) is 0.0476. The first-order valence-electron chi connectivity index (χ1n) is 5.81. The summed E-state index contributed by atoms with van der Waals surface area (Å²) in [5.74, 6) is -1.74. The van der Waals surface area contributed by atoms with E-state index in [1.807, 2.05) is 0 Å². The number of ether oxygens (including phenoxy) is 1. The summed E-state index contributed by atoms with van der Waals surface area (Å²) >= 11 is 0. The first kappa shape index (κ1) is 16.2. The average molecular weight is 304 g/mol. The number of hydrogen-bond donors (Lipinski definition) is 2. The fraction of sp³-hybridized carbons (Fsp3) is 0.455. The zero-order valence-electron chi connectivity index (χ0n) is 11.1. The van der Waals surface area contributed by atoms with Crippen molar-refractivity contribution in [3.8, 4) is 0 Å². The third-order valence-corrected chi connectivity index (χ3v) is 4.02. The van der Waals surface area contributed by atoms with Crippen molar-refractivity contribution in [3.63, 3.8) is 0 Å². The van der Waals surface area contributed by atoms with Crippen LogP contribution in [-0.4, -0.2) is 43.7 Å². The molecule has 9 heteroatoms. The second kappa shape index (κ2) is 6.53. The van der Waals surface area contributed by atoms with Crippen LogP contribution in [0.4, 0.5) is 0 Å². The Morgan fingerprint density at radius 3 is 2.55 bits per heavy atom. The van der Waals surface area contributed by atoms with Crippen LogP contribution in [0.25, 0.3) is 0 Å². The number of aromatic nitrogens is 1. The molecule has 0 amide bonds. The van der Waals surface area contributed by atoms with Crippen LogP contribution in [0.1, 0.15) is 23.8 Å². The van der Waals surface area contributed by atoms with E-state index in [9.17, 15) is 18.0 Å². The van der Waals surface area contributed by atoms with Gasteiger partial charge in [-0.15, -0.1) is 0 Å². The lowest BCUT2D eigenvalue weighted by atomic mass is 10.4. The molecule has 2 N–H and O–H groups in total. The lowest BCUT2D eigenvalue weighted by Crippen LogP contribution is -2.26. The minimum absolute atomic E-state index is 0.101. The van der Waals surface area contributed by atoms with E-state index >= 15 is 0 Å². The van der Waals surface area contributed by atoms with Crippen LogP contribution < -0.4 is 4.72 Å². The number of nitrogens with one attached hydrogen (secondary N) is 1. The molecule has 0 aliphatic rings. The number of methoxy groups -OCH3 is 1. The Bertz CT molecular complexity index is 604. The molecule has 0 spiro atoms. The molecule has 8 nitrogen and oxygen atoms in total. The molecule has 0 fully saturated rings. The molecule has 1 heterocycles. The van der Waals surface area contributed by atoms with Gasteiger partial charge in [0.1, 0.15) is 10.6 Å². The van der Waals surface area contributed by atoms with Gasteiger partial charge < -0.3 is 14.4 Å². The molecular weight excluding hydrogens is 288 g/mol. The maximum Gasteiger partial charge on any atom is 0.352 e. The summed E-state index contributed by atoms with van der Waals surface area (Å²) in [4.78, 5) is 21.7. The maximum atomic E-state index is 11.9. The molecule has 0 aliphatic heterocycles. The van der Waals surface area contributed by atoms with Crippen molar-refractivity contribution in [2.75, 3.05) is 13.7 Å². The van der Waals surface area contributed by atoms with Crippen LogP contribution in [0, 0.1) is 0 Å². The molecule has 0 saturated heterocycles. The smallest absolute Gasteiger partial charge is 0.352 e. The third kappa shape index (κ3) is 3.81. The van der Waals surface area contributed by atoms with Crippen LogP contribution in [-0.2, 0) is 26.1 Å². The Labute approximate surface area is 116 Å². The summed E-state index contributed by atoms with van der Waals surface area (Å²) in [6.07, 6.45) is 1.14. The molecule has 20 heavy (non-hydrogen) atoms. The number of carboxylic acids is 1. The number of carboxylic acid groups (broad SMARTS) is 1.